The summed E-state index contributed by atoms with van der Waals surface area (Å²) in [6, 6.07) is 8.47. The number of carbonyl (C=O) groups is 1. The number of allylic oxidation sites excluding steroid dienone is 2. The van der Waals surface area contributed by atoms with Gasteiger partial charge in [0, 0.05) is 0 Å². The van der Waals surface area contributed by atoms with Crippen molar-refractivity contribution in [1.82, 2.24) is 0 Å². The van der Waals surface area contributed by atoms with Gasteiger partial charge in [-0.15, -0.1) is 0 Å². The number of benzene rings is 1. The summed E-state index contributed by atoms with van der Waals surface area (Å²) in [6.07, 6.45) is 6.99. The van der Waals surface area contributed by atoms with E-state index in [2.05, 4.69) is 0 Å². The van der Waals surface area contributed by atoms with Crippen molar-refractivity contribution in [3.8, 4) is 0 Å². The molecule has 0 bridgehead atoms. The van der Waals surface area contributed by atoms with Crippen LogP contribution in [0.4, 0.5) is 0 Å². The van der Waals surface area contributed by atoms with Crippen LogP contribution < -0.4 is 0 Å². The Labute approximate surface area is 99.7 Å². The Morgan fingerprint density at radius 1 is 1.18 bits per heavy atom. The third-order valence-electron chi connectivity index (χ3n) is 2.91. The van der Waals surface area contributed by atoms with Gasteiger partial charge in [0.2, 0.25) is 5.60 Å². The summed E-state index contributed by atoms with van der Waals surface area (Å²) >= 11 is 0. The van der Waals surface area contributed by atoms with Crippen LogP contribution in [0.15, 0.2) is 54.1 Å². The molecule has 17 heavy (non-hydrogen) atoms. The summed E-state index contributed by atoms with van der Waals surface area (Å²) in [5.41, 5.74) is -1.13. The van der Waals surface area contributed by atoms with Gasteiger partial charge in [-0.25, -0.2) is 4.79 Å². The maximum absolute atomic E-state index is 11.4. The molecular weight excluding hydrogens is 216 g/mol. The molecule has 1 atom stereocenters. The van der Waals surface area contributed by atoms with Gasteiger partial charge in [-0.1, -0.05) is 48.6 Å². The molecule has 1 aliphatic rings. The quantitative estimate of drug-likeness (QED) is 0.837. The normalized spacial score (nSPS) is 18.3. The van der Waals surface area contributed by atoms with Crippen LogP contribution in [0.3, 0.4) is 0 Å². The Hall–Kier alpha value is -1.87. The highest BCUT2D eigenvalue weighted by molar-refractivity contribution is 5.84. The van der Waals surface area contributed by atoms with E-state index < -0.39 is 11.6 Å². The smallest absolute Gasteiger partial charge is 0.345 e. The highest BCUT2D eigenvalue weighted by Gasteiger charge is 2.40. The second-order valence-corrected chi connectivity index (χ2v) is 4.02. The lowest BCUT2D eigenvalue weighted by Gasteiger charge is -2.26. The molecule has 0 aromatic heterocycles. The van der Waals surface area contributed by atoms with Crippen LogP contribution in [0.25, 0.3) is 0 Å². The number of aliphatic carboxylic acids is 1. The molecule has 0 radical (unpaired) electrons. The maximum atomic E-state index is 11.4. The molecule has 0 heterocycles. The molecule has 3 heteroatoms. The topological polar surface area (TPSA) is 57.5 Å². The highest BCUT2D eigenvalue weighted by atomic mass is 16.4. The van der Waals surface area contributed by atoms with Gasteiger partial charge in [-0.2, -0.15) is 0 Å². The Balaban J connectivity index is 2.50. The van der Waals surface area contributed by atoms with Gasteiger partial charge in [-0.3, -0.25) is 0 Å². The van der Waals surface area contributed by atoms with Crippen molar-refractivity contribution in [2.75, 3.05) is 0 Å². The summed E-state index contributed by atoms with van der Waals surface area (Å²) in [5, 5.41) is 19.8. The minimum absolute atomic E-state index is 0.380. The second kappa shape index (κ2) is 4.55. The van der Waals surface area contributed by atoms with E-state index in [4.69, 9.17) is 0 Å². The summed E-state index contributed by atoms with van der Waals surface area (Å²) in [4.78, 5) is 11.4. The SMILES string of the molecule is O=C(O)C(O)(C1=CCCC=C1)c1ccccc1. The molecule has 3 nitrogen and oxygen atoms in total. The molecule has 0 spiro atoms. The fourth-order valence-electron chi connectivity index (χ4n) is 1.97. The second-order valence-electron chi connectivity index (χ2n) is 4.02. The van der Waals surface area contributed by atoms with E-state index in [1.165, 1.54) is 0 Å². The molecule has 1 aromatic carbocycles. The Morgan fingerprint density at radius 2 is 1.88 bits per heavy atom. The largest absolute Gasteiger partial charge is 0.479 e. The van der Waals surface area contributed by atoms with Crippen molar-refractivity contribution in [3.63, 3.8) is 0 Å². The van der Waals surface area contributed by atoms with Crippen LogP contribution in [0.5, 0.6) is 0 Å². The molecule has 0 amide bonds. The molecule has 0 fully saturated rings. The molecule has 1 aliphatic carbocycles. The highest BCUT2D eigenvalue weighted by Crippen LogP contribution is 2.32. The van der Waals surface area contributed by atoms with Crippen LogP contribution in [-0.2, 0) is 10.4 Å². The third kappa shape index (κ3) is 2.01. The van der Waals surface area contributed by atoms with Crippen molar-refractivity contribution in [3.05, 3.63) is 59.7 Å². The van der Waals surface area contributed by atoms with Crippen molar-refractivity contribution in [2.45, 2.75) is 18.4 Å². The van der Waals surface area contributed by atoms with E-state index in [1.807, 2.05) is 6.08 Å². The monoisotopic (exact) mass is 230 g/mol. The van der Waals surface area contributed by atoms with Crippen LogP contribution in [0.1, 0.15) is 18.4 Å². The number of carboxylic acids is 1. The van der Waals surface area contributed by atoms with Crippen LogP contribution in [0, 0.1) is 0 Å². The average molecular weight is 230 g/mol. The van der Waals surface area contributed by atoms with Crippen LogP contribution in [-0.4, -0.2) is 16.2 Å². The zero-order valence-electron chi connectivity index (χ0n) is 9.34. The average Bonchev–Trinajstić information content (AvgIpc) is 2.39. The number of aliphatic hydroxyl groups is 1. The molecule has 0 aliphatic heterocycles. The van der Waals surface area contributed by atoms with Gasteiger partial charge in [0.1, 0.15) is 0 Å². The predicted octanol–water partition coefficient (Wildman–Crippen LogP) is 2.24. The van der Waals surface area contributed by atoms with Crippen LogP contribution >= 0.6 is 0 Å². The van der Waals surface area contributed by atoms with Crippen LogP contribution in [0.2, 0.25) is 0 Å². The van der Waals surface area contributed by atoms with E-state index in [9.17, 15) is 15.0 Å². The summed E-state index contributed by atoms with van der Waals surface area (Å²) in [7, 11) is 0. The van der Waals surface area contributed by atoms with Gasteiger partial charge in [-0.05, 0) is 24.0 Å². The summed E-state index contributed by atoms with van der Waals surface area (Å²) in [5.74, 6) is -1.25. The standard InChI is InChI=1S/C14H14O3/c15-13(16)14(17,11-7-3-1-4-8-11)12-9-5-2-6-10-12/h1,3-5,7-10,17H,2,6H2,(H,15,16). The minimum atomic E-state index is -1.95. The minimum Gasteiger partial charge on any atom is -0.479 e. The zero-order chi connectivity index (χ0) is 12.3. The first-order valence-corrected chi connectivity index (χ1v) is 5.54. The predicted molar refractivity (Wildman–Crippen MR) is 64.4 cm³/mol. The lowest BCUT2D eigenvalue weighted by atomic mass is 9.83. The molecule has 0 saturated heterocycles. The van der Waals surface area contributed by atoms with E-state index in [-0.39, 0.29) is 0 Å². The number of hydrogen-bond donors (Lipinski definition) is 2. The molecule has 2 N–H and O–H groups in total. The summed E-state index contributed by atoms with van der Waals surface area (Å²) < 4.78 is 0. The molecule has 2 rings (SSSR count). The molecular formula is C14H14O3. The number of rotatable bonds is 3. The van der Waals surface area contributed by atoms with Crippen molar-refractivity contribution < 1.29 is 15.0 Å². The fraction of sp³-hybridized carbons (Fsp3) is 0.214. The number of carboxylic acid groups (broad SMARTS) is 1. The van der Waals surface area contributed by atoms with Gasteiger partial charge in [0.25, 0.3) is 0 Å². The van der Waals surface area contributed by atoms with E-state index in [0.29, 0.717) is 11.1 Å². The molecule has 88 valence electrons. The Morgan fingerprint density at radius 3 is 2.41 bits per heavy atom. The number of hydrogen-bond acceptors (Lipinski definition) is 2. The Bertz CT molecular complexity index is 474. The fourth-order valence-corrected chi connectivity index (χ4v) is 1.97. The first kappa shape index (κ1) is 11.6. The van der Waals surface area contributed by atoms with Crippen molar-refractivity contribution in [1.29, 1.82) is 0 Å². The molecule has 0 saturated carbocycles. The lowest BCUT2D eigenvalue weighted by Crippen LogP contribution is -2.37. The lowest BCUT2D eigenvalue weighted by molar-refractivity contribution is -0.155. The van der Waals surface area contributed by atoms with Crippen molar-refractivity contribution in [2.24, 2.45) is 0 Å². The van der Waals surface area contributed by atoms with Gasteiger partial charge >= 0.3 is 5.97 Å². The van der Waals surface area contributed by atoms with E-state index >= 15 is 0 Å². The van der Waals surface area contributed by atoms with Gasteiger partial charge in [0.05, 0.1) is 0 Å². The summed E-state index contributed by atoms with van der Waals surface area (Å²) in [6.45, 7) is 0. The molecule has 1 aromatic rings. The third-order valence-corrected chi connectivity index (χ3v) is 2.91. The van der Waals surface area contributed by atoms with Gasteiger partial charge < -0.3 is 10.2 Å². The van der Waals surface area contributed by atoms with E-state index in [0.717, 1.165) is 12.8 Å². The van der Waals surface area contributed by atoms with E-state index in [1.54, 1.807) is 42.5 Å². The Kier molecular flexibility index (Phi) is 3.11. The first-order chi connectivity index (χ1) is 8.15. The first-order valence-electron chi connectivity index (χ1n) is 5.54. The molecule has 1 unspecified atom stereocenters. The van der Waals surface area contributed by atoms with Gasteiger partial charge in [0.15, 0.2) is 0 Å². The zero-order valence-corrected chi connectivity index (χ0v) is 9.34. The maximum Gasteiger partial charge on any atom is 0.345 e. The van der Waals surface area contributed by atoms with Crippen molar-refractivity contribution >= 4 is 5.97 Å².